The first-order valence-corrected chi connectivity index (χ1v) is 7.52. The number of hydrogen-bond acceptors (Lipinski definition) is 4. The van der Waals surface area contributed by atoms with Gasteiger partial charge in [0, 0.05) is 19.1 Å². The average molecular weight is 292 g/mol. The minimum Gasteiger partial charge on any atom is -0.504 e. The van der Waals surface area contributed by atoms with Crippen molar-refractivity contribution in [3.63, 3.8) is 0 Å². The molecule has 1 atom stereocenters. The summed E-state index contributed by atoms with van der Waals surface area (Å²) in [4.78, 5) is 14.3. The molecule has 3 N–H and O–H groups in total. The van der Waals surface area contributed by atoms with E-state index in [9.17, 15) is 15.0 Å². The zero-order chi connectivity index (χ0) is 15.4. The summed E-state index contributed by atoms with van der Waals surface area (Å²) >= 11 is 0. The smallest absolute Gasteiger partial charge is 0.257 e. The minimum absolute atomic E-state index is 0.174. The van der Waals surface area contributed by atoms with Crippen LogP contribution in [0.15, 0.2) is 18.2 Å². The quantitative estimate of drug-likeness (QED) is 0.742. The van der Waals surface area contributed by atoms with Crippen LogP contribution in [0.2, 0.25) is 0 Å². The first-order valence-electron chi connectivity index (χ1n) is 7.52. The highest BCUT2D eigenvalue weighted by atomic mass is 16.3. The fourth-order valence-corrected chi connectivity index (χ4v) is 2.69. The molecule has 0 radical (unpaired) electrons. The predicted octanol–water partition coefficient (Wildman–Crippen LogP) is 1.95. The number of phenolic OH excluding ortho intramolecular Hbond substituents is 2. The van der Waals surface area contributed by atoms with Crippen LogP contribution in [0.1, 0.15) is 37.0 Å². The Bertz CT molecular complexity index is 502. The summed E-state index contributed by atoms with van der Waals surface area (Å²) in [6.07, 6.45) is 2.07. The van der Waals surface area contributed by atoms with Crippen molar-refractivity contribution in [2.75, 3.05) is 19.6 Å². The van der Waals surface area contributed by atoms with Crippen LogP contribution in [-0.2, 0) is 0 Å². The molecular weight excluding hydrogens is 268 g/mol. The summed E-state index contributed by atoms with van der Waals surface area (Å²) in [5, 5.41) is 22.8. The van der Waals surface area contributed by atoms with Crippen molar-refractivity contribution in [1.29, 1.82) is 0 Å². The van der Waals surface area contributed by atoms with Crippen molar-refractivity contribution in [2.45, 2.75) is 32.7 Å². The molecule has 1 aromatic rings. The number of carbonyl (C=O) groups excluding carboxylic acids is 1. The van der Waals surface area contributed by atoms with Crippen molar-refractivity contribution >= 4 is 5.91 Å². The summed E-state index contributed by atoms with van der Waals surface area (Å²) < 4.78 is 0. The first kappa shape index (κ1) is 15.6. The van der Waals surface area contributed by atoms with Gasteiger partial charge in [0.05, 0.1) is 5.56 Å². The SMILES string of the molecule is CC(C)NCC1CCCN(C(=O)c2cccc(O)c2O)C1. The molecule has 1 heterocycles. The number of para-hydroxylation sites is 1. The number of likely N-dealkylation sites (tertiary alicyclic amines) is 1. The van der Waals surface area contributed by atoms with Gasteiger partial charge in [-0.1, -0.05) is 19.9 Å². The normalized spacial score (nSPS) is 19.0. The number of phenols is 2. The van der Waals surface area contributed by atoms with Gasteiger partial charge in [-0.2, -0.15) is 0 Å². The van der Waals surface area contributed by atoms with Crippen molar-refractivity contribution in [3.05, 3.63) is 23.8 Å². The molecule has 5 heteroatoms. The van der Waals surface area contributed by atoms with Crippen LogP contribution in [0.3, 0.4) is 0 Å². The van der Waals surface area contributed by atoms with Crippen molar-refractivity contribution in [3.8, 4) is 11.5 Å². The molecule has 0 saturated carbocycles. The Kier molecular flexibility index (Phi) is 5.07. The predicted molar refractivity (Wildman–Crippen MR) is 81.5 cm³/mol. The standard InChI is InChI=1S/C16H24N2O3/c1-11(2)17-9-12-5-4-8-18(10-12)16(21)13-6-3-7-14(19)15(13)20/h3,6-7,11-12,17,19-20H,4-5,8-10H2,1-2H3. The van der Waals surface area contributed by atoms with Gasteiger partial charge in [0.25, 0.3) is 5.91 Å². The number of nitrogens with zero attached hydrogens (tertiary/aromatic N) is 1. The van der Waals surface area contributed by atoms with Crippen LogP contribution in [0.5, 0.6) is 11.5 Å². The number of amides is 1. The van der Waals surface area contributed by atoms with Crippen molar-refractivity contribution < 1.29 is 15.0 Å². The molecule has 0 aliphatic carbocycles. The molecule has 2 rings (SSSR count). The third-order valence-corrected chi connectivity index (χ3v) is 3.87. The van der Waals surface area contributed by atoms with Gasteiger partial charge >= 0.3 is 0 Å². The lowest BCUT2D eigenvalue weighted by Crippen LogP contribution is -2.43. The Hall–Kier alpha value is -1.75. The molecule has 1 aliphatic heterocycles. The Labute approximate surface area is 125 Å². The molecule has 0 aromatic heterocycles. The van der Waals surface area contributed by atoms with E-state index < -0.39 is 0 Å². The fourth-order valence-electron chi connectivity index (χ4n) is 2.69. The number of nitrogens with one attached hydrogen (secondary N) is 1. The molecule has 1 aromatic carbocycles. The van der Waals surface area contributed by atoms with Gasteiger partial charge in [-0.25, -0.2) is 0 Å². The Balaban J connectivity index is 2.03. The van der Waals surface area contributed by atoms with E-state index in [2.05, 4.69) is 19.2 Å². The second-order valence-corrected chi connectivity index (χ2v) is 6.00. The summed E-state index contributed by atoms with van der Waals surface area (Å²) in [7, 11) is 0. The summed E-state index contributed by atoms with van der Waals surface area (Å²) in [6.45, 7) is 6.50. The number of aromatic hydroxyl groups is 2. The number of benzene rings is 1. The van der Waals surface area contributed by atoms with Crippen LogP contribution in [0.25, 0.3) is 0 Å². The Morgan fingerprint density at radius 2 is 2.19 bits per heavy atom. The maximum absolute atomic E-state index is 12.5. The largest absolute Gasteiger partial charge is 0.504 e. The third-order valence-electron chi connectivity index (χ3n) is 3.87. The molecule has 1 saturated heterocycles. The van der Waals surface area contributed by atoms with E-state index in [1.54, 1.807) is 17.0 Å². The molecule has 5 nitrogen and oxygen atoms in total. The van der Waals surface area contributed by atoms with Gasteiger partial charge in [-0.15, -0.1) is 0 Å². The number of piperidine rings is 1. The molecule has 21 heavy (non-hydrogen) atoms. The van der Waals surface area contributed by atoms with Crippen molar-refractivity contribution in [2.24, 2.45) is 5.92 Å². The highest BCUT2D eigenvalue weighted by molar-refractivity contribution is 5.97. The molecule has 1 fully saturated rings. The summed E-state index contributed by atoms with van der Waals surface area (Å²) in [6, 6.07) is 4.93. The Morgan fingerprint density at radius 1 is 1.43 bits per heavy atom. The van der Waals surface area contributed by atoms with E-state index in [4.69, 9.17) is 0 Å². The maximum Gasteiger partial charge on any atom is 0.257 e. The summed E-state index contributed by atoms with van der Waals surface area (Å²) in [5.41, 5.74) is 0.174. The third kappa shape index (κ3) is 3.88. The van der Waals surface area contributed by atoms with Crippen LogP contribution in [0, 0.1) is 5.92 Å². The Morgan fingerprint density at radius 3 is 2.90 bits per heavy atom. The van der Waals surface area contributed by atoms with E-state index >= 15 is 0 Å². The summed E-state index contributed by atoms with van der Waals surface area (Å²) in [5.74, 6) is -0.358. The van der Waals surface area contributed by atoms with Crippen LogP contribution in [-0.4, -0.2) is 46.7 Å². The van der Waals surface area contributed by atoms with Crippen molar-refractivity contribution in [1.82, 2.24) is 10.2 Å². The first-order chi connectivity index (χ1) is 9.99. The number of hydrogen-bond donors (Lipinski definition) is 3. The second-order valence-electron chi connectivity index (χ2n) is 6.00. The van der Waals surface area contributed by atoms with Gasteiger partial charge in [0.2, 0.25) is 0 Å². The second kappa shape index (κ2) is 6.80. The lowest BCUT2D eigenvalue weighted by molar-refractivity contribution is 0.0668. The lowest BCUT2D eigenvalue weighted by Gasteiger charge is -2.33. The van der Waals surface area contributed by atoms with Crippen LogP contribution < -0.4 is 5.32 Å². The molecule has 116 valence electrons. The molecule has 0 bridgehead atoms. The van der Waals surface area contributed by atoms with Gasteiger partial charge in [-0.05, 0) is 37.4 Å². The van der Waals surface area contributed by atoms with Crippen LogP contribution >= 0.6 is 0 Å². The number of rotatable bonds is 4. The van der Waals surface area contributed by atoms with Gasteiger partial charge < -0.3 is 20.4 Å². The zero-order valence-corrected chi connectivity index (χ0v) is 12.7. The zero-order valence-electron chi connectivity index (χ0n) is 12.7. The van der Waals surface area contributed by atoms with Crippen LogP contribution in [0.4, 0.5) is 0 Å². The number of carbonyl (C=O) groups is 1. The van der Waals surface area contributed by atoms with E-state index in [-0.39, 0.29) is 23.0 Å². The van der Waals surface area contributed by atoms with E-state index in [0.717, 1.165) is 19.4 Å². The molecule has 0 spiro atoms. The highest BCUT2D eigenvalue weighted by Crippen LogP contribution is 2.30. The van der Waals surface area contributed by atoms with E-state index in [1.165, 1.54) is 6.07 Å². The topological polar surface area (TPSA) is 72.8 Å². The average Bonchev–Trinajstić information content (AvgIpc) is 2.47. The lowest BCUT2D eigenvalue weighted by atomic mass is 9.97. The molecule has 1 aliphatic rings. The minimum atomic E-state index is -0.329. The van der Waals surface area contributed by atoms with Gasteiger partial charge in [-0.3, -0.25) is 4.79 Å². The molecule has 1 amide bonds. The van der Waals surface area contributed by atoms with Gasteiger partial charge in [0.1, 0.15) is 0 Å². The fraction of sp³-hybridized carbons (Fsp3) is 0.562. The van der Waals surface area contributed by atoms with Gasteiger partial charge in [0.15, 0.2) is 11.5 Å². The van der Waals surface area contributed by atoms with E-state index in [1.807, 2.05) is 0 Å². The van der Waals surface area contributed by atoms with E-state index in [0.29, 0.717) is 25.0 Å². The molecule has 1 unspecified atom stereocenters. The monoisotopic (exact) mass is 292 g/mol. The molecular formula is C16H24N2O3. The maximum atomic E-state index is 12.5. The highest BCUT2D eigenvalue weighted by Gasteiger charge is 2.26.